The van der Waals surface area contributed by atoms with E-state index in [1.807, 2.05) is 0 Å². The molecule has 0 bridgehead atoms. The van der Waals surface area contributed by atoms with Crippen LogP contribution in [-0.2, 0) is 9.53 Å². The SMILES string of the molecule is CCOC(=O)C1=C(C)NC(c2ncc(Cl)cc2Cl)=NC1c1ccc(F)cc1Cl. The highest BCUT2D eigenvalue weighted by molar-refractivity contribution is 6.36. The quantitative estimate of drug-likeness (QED) is 0.668. The van der Waals surface area contributed by atoms with Crippen LogP contribution in [0.4, 0.5) is 4.39 Å². The van der Waals surface area contributed by atoms with E-state index in [0.29, 0.717) is 27.8 Å². The minimum atomic E-state index is -0.822. The van der Waals surface area contributed by atoms with E-state index in [-0.39, 0.29) is 22.2 Å². The van der Waals surface area contributed by atoms with Gasteiger partial charge >= 0.3 is 5.97 Å². The van der Waals surface area contributed by atoms with Crippen molar-refractivity contribution < 1.29 is 13.9 Å². The summed E-state index contributed by atoms with van der Waals surface area (Å²) in [5.74, 6) is -0.707. The molecule has 1 N–H and O–H groups in total. The number of esters is 1. The molecule has 1 atom stereocenters. The standard InChI is InChI=1S/C19H15Cl3FN3O2/c1-3-28-19(27)15-9(2)25-18(17-14(22)6-10(20)8-24-17)26-16(15)12-5-4-11(23)7-13(12)21/h4-8,16H,3H2,1-2H3,(H,25,26). The Morgan fingerprint density at radius 1 is 1.25 bits per heavy atom. The Morgan fingerprint density at radius 3 is 2.64 bits per heavy atom. The molecular weight excluding hydrogens is 428 g/mol. The van der Waals surface area contributed by atoms with Crippen LogP contribution >= 0.6 is 34.8 Å². The third-order valence-electron chi connectivity index (χ3n) is 4.03. The van der Waals surface area contributed by atoms with Gasteiger partial charge in [0.15, 0.2) is 5.84 Å². The lowest BCUT2D eigenvalue weighted by atomic mass is 9.95. The van der Waals surface area contributed by atoms with Crippen molar-refractivity contribution >= 4 is 46.6 Å². The minimum Gasteiger partial charge on any atom is -0.463 e. The summed E-state index contributed by atoms with van der Waals surface area (Å²) in [6.07, 6.45) is 1.44. The monoisotopic (exact) mass is 441 g/mol. The molecule has 5 nitrogen and oxygen atoms in total. The zero-order valence-electron chi connectivity index (χ0n) is 14.9. The normalized spacial score (nSPS) is 16.5. The molecule has 1 aliphatic heterocycles. The average Bonchev–Trinajstić information content (AvgIpc) is 2.61. The Morgan fingerprint density at radius 2 is 2.00 bits per heavy atom. The van der Waals surface area contributed by atoms with Gasteiger partial charge in [-0.2, -0.15) is 0 Å². The van der Waals surface area contributed by atoms with Gasteiger partial charge in [0.05, 0.1) is 22.2 Å². The molecule has 2 heterocycles. The summed E-state index contributed by atoms with van der Waals surface area (Å²) in [4.78, 5) is 21.4. The lowest BCUT2D eigenvalue weighted by molar-refractivity contribution is -0.138. The van der Waals surface area contributed by atoms with E-state index in [0.717, 1.165) is 0 Å². The number of ether oxygens (including phenoxy) is 1. The Hall–Kier alpha value is -2.15. The molecule has 0 saturated heterocycles. The number of hydrogen-bond acceptors (Lipinski definition) is 5. The van der Waals surface area contributed by atoms with Crippen LogP contribution in [0.1, 0.15) is 31.1 Å². The molecule has 0 saturated carbocycles. The van der Waals surface area contributed by atoms with Crippen molar-refractivity contribution in [1.82, 2.24) is 10.3 Å². The Balaban J connectivity index is 2.15. The fraction of sp³-hybridized carbons (Fsp3) is 0.211. The van der Waals surface area contributed by atoms with Crippen molar-refractivity contribution in [3.05, 3.63) is 73.9 Å². The van der Waals surface area contributed by atoms with Crippen LogP contribution in [0.25, 0.3) is 0 Å². The van der Waals surface area contributed by atoms with Crippen LogP contribution in [0.5, 0.6) is 0 Å². The molecule has 0 spiro atoms. The van der Waals surface area contributed by atoms with Gasteiger partial charge in [0.2, 0.25) is 0 Å². The molecule has 146 valence electrons. The van der Waals surface area contributed by atoms with Gasteiger partial charge < -0.3 is 10.1 Å². The summed E-state index contributed by atoms with van der Waals surface area (Å²) in [6, 6.07) is 4.62. The zero-order chi connectivity index (χ0) is 20.4. The first-order chi connectivity index (χ1) is 13.3. The Kier molecular flexibility index (Phi) is 6.23. The fourth-order valence-corrected chi connectivity index (χ4v) is 3.55. The van der Waals surface area contributed by atoms with Gasteiger partial charge in [0.25, 0.3) is 0 Å². The van der Waals surface area contributed by atoms with E-state index in [2.05, 4.69) is 15.3 Å². The van der Waals surface area contributed by atoms with Crippen molar-refractivity contribution in [3.8, 4) is 0 Å². The topological polar surface area (TPSA) is 63.6 Å². The lowest BCUT2D eigenvalue weighted by Gasteiger charge is -2.26. The highest BCUT2D eigenvalue weighted by atomic mass is 35.5. The number of allylic oxidation sites excluding steroid dienone is 1. The molecule has 1 aliphatic rings. The maximum absolute atomic E-state index is 13.5. The lowest BCUT2D eigenvalue weighted by Crippen LogP contribution is -2.33. The molecule has 1 unspecified atom stereocenters. The van der Waals surface area contributed by atoms with Gasteiger partial charge in [-0.05, 0) is 32.0 Å². The van der Waals surface area contributed by atoms with Crippen LogP contribution in [0.2, 0.25) is 15.1 Å². The predicted molar refractivity (Wildman–Crippen MR) is 107 cm³/mol. The number of rotatable bonds is 4. The highest BCUT2D eigenvalue weighted by Gasteiger charge is 2.32. The number of amidine groups is 1. The summed E-state index contributed by atoms with van der Waals surface area (Å²) in [7, 11) is 0. The predicted octanol–water partition coefficient (Wildman–Crippen LogP) is 5.11. The zero-order valence-corrected chi connectivity index (χ0v) is 17.2. The van der Waals surface area contributed by atoms with Gasteiger partial charge in [-0.25, -0.2) is 14.2 Å². The third kappa shape index (κ3) is 4.14. The van der Waals surface area contributed by atoms with E-state index in [1.165, 1.54) is 30.5 Å². The smallest absolute Gasteiger partial charge is 0.338 e. The van der Waals surface area contributed by atoms with Crippen LogP contribution in [0.3, 0.4) is 0 Å². The molecule has 28 heavy (non-hydrogen) atoms. The molecule has 3 rings (SSSR count). The van der Waals surface area contributed by atoms with Crippen molar-refractivity contribution in [2.45, 2.75) is 19.9 Å². The maximum Gasteiger partial charge on any atom is 0.338 e. The Bertz CT molecular complexity index is 1010. The van der Waals surface area contributed by atoms with Crippen molar-refractivity contribution in [2.75, 3.05) is 6.61 Å². The van der Waals surface area contributed by atoms with Gasteiger partial charge in [-0.1, -0.05) is 40.9 Å². The molecule has 0 radical (unpaired) electrons. The van der Waals surface area contributed by atoms with E-state index >= 15 is 0 Å². The van der Waals surface area contributed by atoms with Gasteiger partial charge in [0.1, 0.15) is 17.6 Å². The van der Waals surface area contributed by atoms with E-state index < -0.39 is 17.8 Å². The van der Waals surface area contributed by atoms with Gasteiger partial charge in [-0.15, -0.1) is 0 Å². The second-order valence-electron chi connectivity index (χ2n) is 5.91. The number of benzene rings is 1. The number of carbonyl (C=O) groups is 1. The molecule has 0 fully saturated rings. The highest BCUT2D eigenvalue weighted by Crippen LogP contribution is 2.36. The first-order valence-electron chi connectivity index (χ1n) is 8.30. The van der Waals surface area contributed by atoms with Crippen LogP contribution in [-0.4, -0.2) is 23.4 Å². The number of nitrogens with one attached hydrogen (secondary N) is 1. The number of pyridine rings is 1. The minimum absolute atomic E-state index is 0.139. The second-order valence-corrected chi connectivity index (χ2v) is 7.17. The number of aromatic nitrogens is 1. The first kappa shape index (κ1) is 20.6. The fourth-order valence-electron chi connectivity index (χ4n) is 2.81. The first-order valence-corrected chi connectivity index (χ1v) is 9.44. The van der Waals surface area contributed by atoms with Crippen LogP contribution < -0.4 is 5.32 Å². The van der Waals surface area contributed by atoms with E-state index in [4.69, 9.17) is 39.5 Å². The second kappa shape index (κ2) is 8.47. The van der Waals surface area contributed by atoms with Crippen LogP contribution in [0, 0.1) is 5.82 Å². The molecule has 0 amide bonds. The van der Waals surface area contributed by atoms with E-state index in [9.17, 15) is 9.18 Å². The number of halogens is 4. The van der Waals surface area contributed by atoms with Crippen molar-refractivity contribution in [3.63, 3.8) is 0 Å². The van der Waals surface area contributed by atoms with Crippen LogP contribution in [0.15, 0.2) is 46.7 Å². The third-order valence-corrected chi connectivity index (χ3v) is 4.85. The van der Waals surface area contributed by atoms with Crippen molar-refractivity contribution in [2.24, 2.45) is 4.99 Å². The van der Waals surface area contributed by atoms with Gasteiger partial charge in [0, 0.05) is 22.5 Å². The number of hydrogen-bond donors (Lipinski definition) is 1. The molecule has 0 aliphatic carbocycles. The molecule has 9 heteroatoms. The van der Waals surface area contributed by atoms with E-state index in [1.54, 1.807) is 13.8 Å². The largest absolute Gasteiger partial charge is 0.463 e. The summed E-state index contributed by atoms with van der Waals surface area (Å²) >= 11 is 18.4. The van der Waals surface area contributed by atoms with Crippen molar-refractivity contribution in [1.29, 1.82) is 0 Å². The Labute approximate surface area is 176 Å². The molecule has 2 aromatic rings. The molecule has 1 aromatic carbocycles. The average molecular weight is 443 g/mol. The van der Waals surface area contributed by atoms with Gasteiger partial charge in [-0.3, -0.25) is 4.99 Å². The summed E-state index contributed by atoms with van der Waals surface area (Å²) < 4.78 is 18.7. The molecular formula is C19H15Cl3FN3O2. The summed E-state index contributed by atoms with van der Waals surface area (Å²) in [5, 5.41) is 3.84. The summed E-state index contributed by atoms with van der Waals surface area (Å²) in [6.45, 7) is 3.60. The number of aliphatic imine (C=N–C) groups is 1. The molecule has 1 aromatic heterocycles. The number of carbonyl (C=O) groups excluding carboxylic acids is 1. The maximum atomic E-state index is 13.5. The number of nitrogens with zero attached hydrogens (tertiary/aromatic N) is 2. The summed E-state index contributed by atoms with van der Waals surface area (Å²) in [5.41, 5.74) is 1.58.